The number of halogens is 1. The Morgan fingerprint density at radius 2 is 1.53 bits per heavy atom. The first-order valence-electron chi connectivity index (χ1n) is 15.4. The molecule has 0 saturated carbocycles. The maximum Gasteiger partial charge on any atom is 0.262 e. The molecule has 0 radical (unpaired) electrons. The number of ketones is 2. The van der Waals surface area contributed by atoms with Crippen molar-refractivity contribution in [2.75, 3.05) is 39.3 Å². The maximum atomic E-state index is 14.0. The van der Waals surface area contributed by atoms with Gasteiger partial charge in [-0.05, 0) is 66.0 Å². The number of allylic oxidation sites excluding steroid dienone is 4. The lowest BCUT2D eigenvalue weighted by atomic mass is 9.63. The van der Waals surface area contributed by atoms with Gasteiger partial charge in [-0.1, -0.05) is 51.4 Å². The number of Topliss-reactive ketones (excluding diaryl/α,β-unsaturated/α-hetero) is 2. The average Bonchev–Trinajstić information content (AvgIpc) is 2.95. The fourth-order valence-electron chi connectivity index (χ4n) is 6.83. The zero-order valence-electron chi connectivity index (χ0n) is 27.3. The molecule has 0 atom stereocenters. The van der Waals surface area contributed by atoms with Crippen molar-refractivity contribution < 1.29 is 28.6 Å². The van der Waals surface area contributed by atoms with Gasteiger partial charge in [0.15, 0.2) is 29.7 Å². The fraction of sp³-hybridized carbons (Fsp3) is 0.472. The highest BCUT2D eigenvalue weighted by Gasteiger charge is 2.49. The number of hydrogen-bond acceptors (Lipinski definition) is 7. The lowest BCUT2D eigenvalue weighted by molar-refractivity contribution is -0.120. The predicted molar refractivity (Wildman–Crippen MR) is 175 cm³/mol. The molecule has 2 aromatic carbocycles. The van der Waals surface area contributed by atoms with Crippen molar-refractivity contribution in [3.8, 4) is 11.5 Å². The number of carbonyl (C=O) groups is 3. The third-order valence-electron chi connectivity index (χ3n) is 8.88. The smallest absolute Gasteiger partial charge is 0.262 e. The standard InChI is InChI=1S/C36H43ClN2O6/c1-21-8-10-23(15-24(21)37)38-31(42)20-45-29-11-9-22(14-30(29)44-7)32-33-25(16-35(2,3)18-27(33)40)39(12-13-43-6)26-17-36(4,5)19-28(41)34(26)32/h8-11,14-15,32H,12-13,16-20H2,1-7H3,(H,38,42). The van der Waals surface area contributed by atoms with Crippen molar-refractivity contribution in [2.45, 2.75) is 66.2 Å². The van der Waals surface area contributed by atoms with Gasteiger partial charge in [-0.3, -0.25) is 14.4 Å². The van der Waals surface area contributed by atoms with E-state index in [2.05, 4.69) is 37.9 Å². The minimum Gasteiger partial charge on any atom is -0.493 e. The molecule has 0 fully saturated rings. The molecule has 2 aromatic rings. The second kappa shape index (κ2) is 12.6. The Bertz CT molecular complexity index is 1550. The van der Waals surface area contributed by atoms with Gasteiger partial charge in [0.1, 0.15) is 0 Å². The van der Waals surface area contributed by atoms with E-state index >= 15 is 0 Å². The minimum absolute atomic E-state index is 0.0602. The molecule has 0 bridgehead atoms. The summed E-state index contributed by atoms with van der Waals surface area (Å²) in [6.07, 6.45) is 2.25. The topological polar surface area (TPSA) is 94.2 Å². The van der Waals surface area contributed by atoms with Crippen molar-refractivity contribution in [3.05, 3.63) is 75.1 Å². The van der Waals surface area contributed by atoms with Crippen LogP contribution in [-0.2, 0) is 19.1 Å². The first-order valence-corrected chi connectivity index (χ1v) is 15.8. The molecule has 3 aliphatic rings. The highest BCUT2D eigenvalue weighted by Crippen LogP contribution is 2.54. The van der Waals surface area contributed by atoms with E-state index in [4.69, 9.17) is 25.8 Å². The molecule has 0 saturated heterocycles. The van der Waals surface area contributed by atoms with E-state index in [1.165, 1.54) is 7.11 Å². The molecule has 9 heteroatoms. The number of amides is 1. The van der Waals surface area contributed by atoms with Gasteiger partial charge in [0, 0.05) is 65.7 Å². The van der Waals surface area contributed by atoms with Crippen LogP contribution in [-0.4, -0.2) is 56.4 Å². The summed E-state index contributed by atoms with van der Waals surface area (Å²) in [4.78, 5) is 42.9. The number of ether oxygens (including phenoxy) is 3. The maximum absolute atomic E-state index is 14.0. The van der Waals surface area contributed by atoms with E-state index < -0.39 is 5.92 Å². The van der Waals surface area contributed by atoms with E-state index in [1.807, 2.05) is 25.1 Å². The van der Waals surface area contributed by atoms with Crippen LogP contribution in [0.2, 0.25) is 5.02 Å². The van der Waals surface area contributed by atoms with E-state index in [-0.39, 0.29) is 34.9 Å². The zero-order valence-corrected chi connectivity index (χ0v) is 28.0. The molecule has 1 amide bonds. The molecular weight excluding hydrogens is 592 g/mol. The Labute approximate surface area is 270 Å². The van der Waals surface area contributed by atoms with Gasteiger partial charge in [0.05, 0.1) is 13.7 Å². The third-order valence-corrected chi connectivity index (χ3v) is 9.28. The molecule has 0 aromatic heterocycles. The summed E-state index contributed by atoms with van der Waals surface area (Å²) in [6.45, 7) is 11.2. The summed E-state index contributed by atoms with van der Waals surface area (Å²) in [7, 11) is 3.20. The van der Waals surface area contributed by atoms with Gasteiger partial charge in [0.2, 0.25) is 0 Å². The quantitative estimate of drug-likeness (QED) is 0.317. The summed E-state index contributed by atoms with van der Waals surface area (Å²) in [5, 5.41) is 3.36. The van der Waals surface area contributed by atoms with Crippen molar-refractivity contribution in [1.29, 1.82) is 0 Å². The van der Waals surface area contributed by atoms with Crippen LogP contribution in [0.5, 0.6) is 11.5 Å². The minimum atomic E-state index is -0.515. The monoisotopic (exact) mass is 634 g/mol. The Kier molecular flexibility index (Phi) is 9.20. The third kappa shape index (κ3) is 6.82. The van der Waals surface area contributed by atoms with Gasteiger partial charge in [-0.2, -0.15) is 0 Å². The van der Waals surface area contributed by atoms with E-state index in [9.17, 15) is 14.4 Å². The SMILES string of the molecule is COCCN1C2=C(C(=O)CC(C)(C)C2)C(c2ccc(OCC(=O)Nc3ccc(C)c(Cl)c3)c(OC)c2)C2=C1CC(C)(C)CC2=O. The summed E-state index contributed by atoms with van der Waals surface area (Å²) < 4.78 is 17.1. The summed E-state index contributed by atoms with van der Waals surface area (Å²) in [6, 6.07) is 10.8. The highest BCUT2D eigenvalue weighted by atomic mass is 35.5. The lowest BCUT2D eigenvalue weighted by Crippen LogP contribution is -2.45. The van der Waals surface area contributed by atoms with Gasteiger partial charge >= 0.3 is 0 Å². The normalized spacial score (nSPS) is 19.3. The molecule has 1 aliphatic heterocycles. The molecule has 2 aliphatic carbocycles. The molecule has 1 heterocycles. The highest BCUT2D eigenvalue weighted by molar-refractivity contribution is 6.31. The molecule has 8 nitrogen and oxygen atoms in total. The van der Waals surface area contributed by atoms with Crippen LogP contribution < -0.4 is 14.8 Å². The lowest BCUT2D eigenvalue weighted by Gasteiger charge is -2.49. The van der Waals surface area contributed by atoms with Crippen LogP contribution in [0, 0.1) is 17.8 Å². The van der Waals surface area contributed by atoms with Gasteiger partial charge in [0.25, 0.3) is 5.91 Å². The number of nitrogens with zero attached hydrogens (tertiary/aromatic N) is 1. The largest absolute Gasteiger partial charge is 0.493 e. The first-order chi connectivity index (χ1) is 21.2. The van der Waals surface area contributed by atoms with Crippen LogP contribution in [0.1, 0.15) is 70.4 Å². The van der Waals surface area contributed by atoms with Gasteiger partial charge in [-0.25, -0.2) is 0 Å². The number of nitrogens with one attached hydrogen (secondary N) is 1. The first kappa shape index (κ1) is 32.8. The van der Waals surface area contributed by atoms with Crippen LogP contribution in [0.25, 0.3) is 0 Å². The van der Waals surface area contributed by atoms with Crippen LogP contribution >= 0.6 is 11.6 Å². The van der Waals surface area contributed by atoms with Gasteiger partial charge in [-0.15, -0.1) is 0 Å². The van der Waals surface area contributed by atoms with Crippen LogP contribution in [0.4, 0.5) is 5.69 Å². The predicted octanol–water partition coefficient (Wildman–Crippen LogP) is 7.01. The van der Waals surface area contributed by atoms with E-state index in [1.54, 1.807) is 25.3 Å². The molecule has 0 unspecified atom stereocenters. The zero-order chi connectivity index (χ0) is 32.7. The molecule has 5 rings (SSSR count). The van der Waals surface area contributed by atoms with Crippen LogP contribution in [0.3, 0.4) is 0 Å². The second-order valence-corrected chi connectivity index (χ2v) is 14.3. The Balaban J connectivity index is 1.51. The number of anilines is 1. The Morgan fingerprint density at radius 3 is 2.09 bits per heavy atom. The number of carbonyl (C=O) groups excluding carboxylic acids is 3. The van der Waals surface area contributed by atoms with E-state index in [0.717, 1.165) is 35.4 Å². The number of aryl methyl sites for hydroxylation is 1. The number of benzene rings is 2. The molecule has 240 valence electrons. The number of methoxy groups -OCH3 is 2. The van der Waals surface area contributed by atoms with Crippen molar-refractivity contribution in [1.82, 2.24) is 4.90 Å². The summed E-state index contributed by atoms with van der Waals surface area (Å²) in [5.41, 5.74) is 5.19. The van der Waals surface area contributed by atoms with Crippen molar-refractivity contribution in [2.24, 2.45) is 10.8 Å². The molecule has 0 spiro atoms. The van der Waals surface area contributed by atoms with Gasteiger partial charge < -0.3 is 24.4 Å². The summed E-state index contributed by atoms with van der Waals surface area (Å²) >= 11 is 6.19. The van der Waals surface area contributed by atoms with Crippen LogP contribution in [0.15, 0.2) is 58.9 Å². The summed E-state index contributed by atoms with van der Waals surface area (Å²) in [5.74, 6) is 0.0527. The number of rotatable bonds is 9. The molecule has 45 heavy (non-hydrogen) atoms. The number of hydrogen-bond donors (Lipinski definition) is 1. The second-order valence-electron chi connectivity index (χ2n) is 13.9. The molecule has 1 N–H and O–H groups in total. The van der Waals surface area contributed by atoms with Crippen molar-refractivity contribution >= 4 is 34.8 Å². The average molecular weight is 635 g/mol. The fourth-order valence-corrected chi connectivity index (χ4v) is 7.01. The Hall–Kier alpha value is -3.62. The molecular formula is C36H43ClN2O6. The van der Waals surface area contributed by atoms with Crippen molar-refractivity contribution in [3.63, 3.8) is 0 Å². The van der Waals surface area contributed by atoms with E-state index in [0.29, 0.717) is 59.3 Å². The Morgan fingerprint density at radius 1 is 0.911 bits per heavy atom.